The summed E-state index contributed by atoms with van der Waals surface area (Å²) in [4.78, 5) is 8.60. The van der Waals surface area contributed by atoms with Gasteiger partial charge in [-0.2, -0.15) is 0 Å². The summed E-state index contributed by atoms with van der Waals surface area (Å²) in [6.45, 7) is 2.37. The molecule has 0 radical (unpaired) electrons. The molecule has 4 nitrogen and oxygen atoms in total. The first-order valence-corrected chi connectivity index (χ1v) is 6.91. The van der Waals surface area contributed by atoms with Gasteiger partial charge in [0.1, 0.15) is 17.4 Å². The predicted molar refractivity (Wildman–Crippen MR) is 83.1 cm³/mol. The van der Waals surface area contributed by atoms with Gasteiger partial charge in [0.15, 0.2) is 0 Å². The van der Waals surface area contributed by atoms with E-state index in [1.54, 1.807) is 12.4 Å². The first kappa shape index (κ1) is 13.5. The second-order valence-electron chi connectivity index (χ2n) is 4.90. The molecule has 0 amide bonds. The molecule has 0 saturated carbocycles. The van der Waals surface area contributed by atoms with Gasteiger partial charge in [-0.15, -0.1) is 0 Å². The molecule has 1 aromatic carbocycles. The van der Waals surface area contributed by atoms with Crippen molar-refractivity contribution in [1.82, 2.24) is 9.97 Å². The minimum atomic E-state index is -0.207. The Hall–Kier alpha value is -2.46. The van der Waals surface area contributed by atoms with E-state index >= 15 is 0 Å². The van der Waals surface area contributed by atoms with Gasteiger partial charge in [0, 0.05) is 30.0 Å². The Morgan fingerprint density at radius 2 is 1.90 bits per heavy atom. The fourth-order valence-electron chi connectivity index (χ4n) is 2.30. The van der Waals surface area contributed by atoms with E-state index in [1.165, 1.54) is 0 Å². The fraction of sp³-hybridized carbons (Fsp3) is 0.176. The molecule has 106 valence electrons. The van der Waals surface area contributed by atoms with Crippen molar-refractivity contribution in [3.05, 3.63) is 66.1 Å². The minimum absolute atomic E-state index is 0.207. The lowest BCUT2D eigenvalue weighted by atomic mass is 10.1. The van der Waals surface area contributed by atoms with Gasteiger partial charge >= 0.3 is 0 Å². The quantitative estimate of drug-likeness (QED) is 0.797. The molecule has 2 N–H and O–H groups in total. The number of aryl methyl sites for hydroxylation is 1. The third-order valence-corrected chi connectivity index (χ3v) is 3.38. The molecule has 21 heavy (non-hydrogen) atoms. The van der Waals surface area contributed by atoms with Crippen LogP contribution in [0.4, 0.5) is 0 Å². The molecular formula is C17H17N3O. The molecule has 0 aliphatic carbocycles. The van der Waals surface area contributed by atoms with Crippen LogP contribution in [0, 0.1) is 6.92 Å². The Morgan fingerprint density at radius 1 is 1.10 bits per heavy atom. The summed E-state index contributed by atoms with van der Waals surface area (Å²) >= 11 is 0. The lowest BCUT2D eigenvalue weighted by molar-refractivity contribution is 0.216. The van der Waals surface area contributed by atoms with Gasteiger partial charge < -0.3 is 10.5 Å². The Kier molecular flexibility index (Phi) is 3.79. The zero-order valence-corrected chi connectivity index (χ0v) is 11.9. The van der Waals surface area contributed by atoms with Crippen LogP contribution in [0.15, 0.2) is 54.9 Å². The van der Waals surface area contributed by atoms with Crippen LogP contribution >= 0.6 is 0 Å². The number of hydrogen-bond donors (Lipinski definition) is 1. The zero-order valence-electron chi connectivity index (χ0n) is 11.9. The maximum atomic E-state index is 6.10. The van der Waals surface area contributed by atoms with Crippen molar-refractivity contribution in [1.29, 1.82) is 0 Å². The molecule has 0 aliphatic rings. The highest BCUT2D eigenvalue weighted by Crippen LogP contribution is 2.28. The van der Waals surface area contributed by atoms with Crippen molar-refractivity contribution in [2.75, 3.05) is 6.54 Å². The molecule has 0 bridgehead atoms. The highest BCUT2D eigenvalue weighted by Gasteiger charge is 2.13. The lowest BCUT2D eigenvalue weighted by Gasteiger charge is -2.18. The Balaban J connectivity index is 1.99. The number of nitrogens with two attached hydrogens (primary N) is 1. The largest absolute Gasteiger partial charge is 0.482 e. The number of fused-ring (bicyclic) bond motifs is 1. The molecular weight excluding hydrogens is 262 g/mol. The smallest absolute Gasteiger partial charge is 0.146 e. The molecule has 3 rings (SSSR count). The predicted octanol–water partition coefficient (Wildman–Crippen LogP) is 3.02. The van der Waals surface area contributed by atoms with Crippen molar-refractivity contribution in [2.24, 2.45) is 5.73 Å². The number of aromatic nitrogens is 2. The molecule has 0 spiro atoms. The van der Waals surface area contributed by atoms with Crippen molar-refractivity contribution < 1.29 is 4.74 Å². The third-order valence-electron chi connectivity index (χ3n) is 3.38. The summed E-state index contributed by atoms with van der Waals surface area (Å²) in [5, 5.41) is 1.06. The van der Waals surface area contributed by atoms with Crippen LogP contribution < -0.4 is 10.5 Å². The van der Waals surface area contributed by atoms with Crippen molar-refractivity contribution in [3.8, 4) is 5.75 Å². The van der Waals surface area contributed by atoms with E-state index in [9.17, 15) is 0 Å². The number of para-hydroxylation sites is 1. The van der Waals surface area contributed by atoms with Crippen LogP contribution in [0.5, 0.6) is 5.75 Å². The van der Waals surface area contributed by atoms with Gasteiger partial charge in [-0.3, -0.25) is 4.98 Å². The van der Waals surface area contributed by atoms with Crippen LogP contribution in [0.2, 0.25) is 0 Å². The van der Waals surface area contributed by atoms with Gasteiger partial charge in [0.25, 0.3) is 0 Å². The molecule has 0 fully saturated rings. The standard InChI is InChI=1S/C17H17N3O/c1-12-5-6-14-3-2-4-15(17(14)20-12)21-16(11-18)13-7-9-19-10-8-13/h2-10,16H,11,18H2,1H3. The Bertz CT molecular complexity index is 743. The van der Waals surface area contributed by atoms with Gasteiger partial charge in [-0.05, 0) is 36.8 Å². The van der Waals surface area contributed by atoms with E-state index in [0.717, 1.165) is 27.9 Å². The maximum absolute atomic E-state index is 6.10. The Labute approximate surface area is 123 Å². The molecule has 0 aliphatic heterocycles. The number of rotatable bonds is 4. The van der Waals surface area contributed by atoms with Crippen molar-refractivity contribution >= 4 is 10.9 Å². The summed E-state index contributed by atoms with van der Waals surface area (Å²) in [6, 6.07) is 13.8. The number of nitrogens with zero attached hydrogens (tertiary/aromatic N) is 2. The molecule has 0 saturated heterocycles. The molecule has 1 atom stereocenters. The summed E-state index contributed by atoms with van der Waals surface area (Å²) in [5.41, 5.74) is 8.70. The van der Waals surface area contributed by atoms with Crippen LogP contribution in [-0.4, -0.2) is 16.5 Å². The number of ether oxygens (including phenoxy) is 1. The second-order valence-corrected chi connectivity index (χ2v) is 4.90. The van der Waals surface area contributed by atoms with Crippen LogP contribution in [0.3, 0.4) is 0 Å². The number of benzene rings is 1. The van der Waals surface area contributed by atoms with E-state index in [4.69, 9.17) is 10.5 Å². The van der Waals surface area contributed by atoms with Crippen LogP contribution in [-0.2, 0) is 0 Å². The van der Waals surface area contributed by atoms with E-state index in [2.05, 4.69) is 16.0 Å². The summed E-state index contributed by atoms with van der Waals surface area (Å²) in [5.74, 6) is 0.753. The second kappa shape index (κ2) is 5.89. The van der Waals surface area contributed by atoms with Crippen LogP contribution in [0.1, 0.15) is 17.4 Å². The highest BCUT2D eigenvalue weighted by molar-refractivity contribution is 5.84. The van der Waals surface area contributed by atoms with E-state index in [1.807, 2.05) is 43.3 Å². The zero-order chi connectivity index (χ0) is 14.7. The first-order valence-electron chi connectivity index (χ1n) is 6.91. The summed E-state index contributed by atoms with van der Waals surface area (Å²) in [6.07, 6.45) is 3.28. The third kappa shape index (κ3) is 2.85. The summed E-state index contributed by atoms with van der Waals surface area (Å²) < 4.78 is 6.10. The average molecular weight is 279 g/mol. The van der Waals surface area contributed by atoms with Crippen molar-refractivity contribution in [3.63, 3.8) is 0 Å². The van der Waals surface area contributed by atoms with Gasteiger partial charge in [-0.1, -0.05) is 18.2 Å². The average Bonchev–Trinajstić information content (AvgIpc) is 2.53. The molecule has 2 heterocycles. The van der Waals surface area contributed by atoms with Crippen molar-refractivity contribution in [2.45, 2.75) is 13.0 Å². The molecule has 3 aromatic rings. The van der Waals surface area contributed by atoms with E-state index in [0.29, 0.717) is 6.54 Å². The van der Waals surface area contributed by atoms with E-state index in [-0.39, 0.29) is 6.10 Å². The maximum Gasteiger partial charge on any atom is 0.146 e. The SMILES string of the molecule is Cc1ccc2cccc(OC(CN)c3ccncc3)c2n1. The first-order chi connectivity index (χ1) is 10.3. The summed E-state index contributed by atoms with van der Waals surface area (Å²) in [7, 11) is 0. The van der Waals surface area contributed by atoms with Gasteiger partial charge in [0.2, 0.25) is 0 Å². The molecule has 4 heteroatoms. The minimum Gasteiger partial charge on any atom is -0.482 e. The monoisotopic (exact) mass is 279 g/mol. The lowest BCUT2D eigenvalue weighted by Crippen LogP contribution is -2.18. The molecule has 2 aromatic heterocycles. The van der Waals surface area contributed by atoms with Crippen LogP contribution in [0.25, 0.3) is 10.9 Å². The van der Waals surface area contributed by atoms with Gasteiger partial charge in [0.05, 0.1) is 0 Å². The topological polar surface area (TPSA) is 61.0 Å². The number of pyridine rings is 2. The van der Waals surface area contributed by atoms with Gasteiger partial charge in [-0.25, -0.2) is 4.98 Å². The Morgan fingerprint density at radius 3 is 2.67 bits per heavy atom. The normalized spacial score (nSPS) is 12.3. The highest BCUT2D eigenvalue weighted by atomic mass is 16.5. The fourth-order valence-corrected chi connectivity index (χ4v) is 2.30. The molecule has 1 unspecified atom stereocenters. The van der Waals surface area contributed by atoms with E-state index < -0.39 is 0 Å². The number of hydrogen-bond acceptors (Lipinski definition) is 4.